The minimum absolute atomic E-state index is 0.548. The molecule has 0 bridgehead atoms. The second kappa shape index (κ2) is 10.3. The molecule has 0 spiro atoms. The van der Waals surface area contributed by atoms with Crippen molar-refractivity contribution in [3.05, 3.63) is 64.7 Å². The van der Waals surface area contributed by atoms with Crippen LogP contribution in [0.1, 0.15) is 24.5 Å². The van der Waals surface area contributed by atoms with E-state index in [0.717, 1.165) is 49.1 Å². The van der Waals surface area contributed by atoms with Crippen LogP contribution in [0.5, 0.6) is 5.75 Å². The molecule has 0 amide bonds. The van der Waals surface area contributed by atoms with E-state index in [-0.39, 0.29) is 0 Å². The van der Waals surface area contributed by atoms with Crippen molar-refractivity contribution in [2.45, 2.75) is 26.5 Å². The lowest BCUT2D eigenvalue weighted by molar-refractivity contribution is 0.144. The SMILES string of the molecule is CCOCCCNCc1ccc(OCc2ccc(Cl)cc2)cc1. The molecule has 2 aromatic rings. The van der Waals surface area contributed by atoms with E-state index in [2.05, 4.69) is 17.4 Å². The van der Waals surface area contributed by atoms with Gasteiger partial charge in [-0.05, 0) is 55.3 Å². The Morgan fingerprint density at radius 1 is 0.957 bits per heavy atom. The third-order valence-corrected chi connectivity index (χ3v) is 3.67. The average Bonchev–Trinajstić information content (AvgIpc) is 2.58. The molecule has 2 aromatic carbocycles. The van der Waals surface area contributed by atoms with Crippen LogP contribution < -0.4 is 10.1 Å². The van der Waals surface area contributed by atoms with E-state index in [1.54, 1.807) is 0 Å². The quantitative estimate of drug-likeness (QED) is 0.652. The van der Waals surface area contributed by atoms with Crippen molar-refractivity contribution >= 4 is 11.6 Å². The number of ether oxygens (including phenoxy) is 2. The van der Waals surface area contributed by atoms with E-state index >= 15 is 0 Å². The third kappa shape index (κ3) is 7.04. The fourth-order valence-corrected chi connectivity index (χ4v) is 2.25. The van der Waals surface area contributed by atoms with Gasteiger partial charge in [0.2, 0.25) is 0 Å². The van der Waals surface area contributed by atoms with Crippen molar-refractivity contribution in [3.63, 3.8) is 0 Å². The molecule has 0 atom stereocenters. The summed E-state index contributed by atoms with van der Waals surface area (Å²) in [7, 11) is 0. The monoisotopic (exact) mass is 333 g/mol. The van der Waals surface area contributed by atoms with Crippen LogP contribution in [0.3, 0.4) is 0 Å². The zero-order valence-corrected chi connectivity index (χ0v) is 14.3. The second-order valence-electron chi connectivity index (χ2n) is 5.29. The van der Waals surface area contributed by atoms with E-state index in [9.17, 15) is 0 Å². The predicted octanol–water partition coefficient (Wildman–Crippen LogP) is 4.44. The highest BCUT2D eigenvalue weighted by molar-refractivity contribution is 6.30. The normalized spacial score (nSPS) is 10.7. The number of hydrogen-bond acceptors (Lipinski definition) is 3. The molecule has 23 heavy (non-hydrogen) atoms. The largest absolute Gasteiger partial charge is 0.489 e. The topological polar surface area (TPSA) is 30.5 Å². The zero-order valence-electron chi connectivity index (χ0n) is 13.6. The van der Waals surface area contributed by atoms with Gasteiger partial charge >= 0.3 is 0 Å². The van der Waals surface area contributed by atoms with Gasteiger partial charge in [-0.1, -0.05) is 35.9 Å². The Bertz CT molecular complexity index is 555. The Labute approximate surface area is 143 Å². The minimum atomic E-state index is 0.548. The number of halogens is 1. The molecular weight excluding hydrogens is 310 g/mol. The lowest BCUT2D eigenvalue weighted by Gasteiger charge is -2.08. The number of rotatable bonds is 10. The molecule has 0 aromatic heterocycles. The molecule has 0 fully saturated rings. The fourth-order valence-electron chi connectivity index (χ4n) is 2.13. The summed E-state index contributed by atoms with van der Waals surface area (Å²) in [6, 6.07) is 15.9. The van der Waals surface area contributed by atoms with Crippen LogP contribution in [-0.4, -0.2) is 19.8 Å². The highest BCUT2D eigenvalue weighted by Gasteiger charge is 1.98. The standard InChI is InChI=1S/C19H24ClNO2/c1-2-22-13-3-12-21-14-16-6-10-19(11-7-16)23-15-17-4-8-18(20)9-5-17/h4-11,21H,2-3,12-15H2,1H3. The lowest BCUT2D eigenvalue weighted by Crippen LogP contribution is -2.16. The molecule has 0 aliphatic rings. The molecule has 4 heteroatoms. The van der Waals surface area contributed by atoms with E-state index in [0.29, 0.717) is 6.61 Å². The first-order chi connectivity index (χ1) is 11.3. The van der Waals surface area contributed by atoms with E-state index in [1.807, 2.05) is 43.3 Å². The van der Waals surface area contributed by atoms with Gasteiger partial charge in [-0.15, -0.1) is 0 Å². The molecule has 0 heterocycles. The van der Waals surface area contributed by atoms with Crippen molar-refractivity contribution in [2.75, 3.05) is 19.8 Å². The first-order valence-corrected chi connectivity index (χ1v) is 8.40. The predicted molar refractivity (Wildman–Crippen MR) is 95.0 cm³/mol. The van der Waals surface area contributed by atoms with Gasteiger partial charge in [-0.3, -0.25) is 0 Å². The van der Waals surface area contributed by atoms with Gasteiger partial charge in [-0.25, -0.2) is 0 Å². The summed E-state index contributed by atoms with van der Waals surface area (Å²) >= 11 is 5.87. The average molecular weight is 334 g/mol. The van der Waals surface area contributed by atoms with Crippen molar-refractivity contribution in [1.29, 1.82) is 0 Å². The summed E-state index contributed by atoms with van der Waals surface area (Å²) in [6.45, 7) is 6.01. The first-order valence-electron chi connectivity index (χ1n) is 8.02. The molecule has 0 saturated carbocycles. The zero-order chi connectivity index (χ0) is 16.3. The first kappa shape index (κ1) is 17.8. The maximum absolute atomic E-state index is 5.87. The molecule has 2 rings (SSSR count). The molecule has 0 aliphatic heterocycles. The van der Waals surface area contributed by atoms with Gasteiger partial charge in [0, 0.05) is 24.8 Å². The highest BCUT2D eigenvalue weighted by Crippen LogP contribution is 2.15. The summed E-state index contributed by atoms with van der Waals surface area (Å²) < 4.78 is 11.1. The maximum atomic E-state index is 5.87. The van der Waals surface area contributed by atoms with Gasteiger partial charge in [0.05, 0.1) is 0 Å². The molecular formula is C19H24ClNO2. The van der Waals surface area contributed by atoms with E-state index < -0.39 is 0 Å². The molecule has 0 unspecified atom stereocenters. The Morgan fingerprint density at radius 3 is 2.35 bits per heavy atom. The minimum Gasteiger partial charge on any atom is -0.489 e. The lowest BCUT2D eigenvalue weighted by atomic mass is 10.2. The summed E-state index contributed by atoms with van der Waals surface area (Å²) in [6.07, 6.45) is 1.04. The Kier molecular flexibility index (Phi) is 7.95. The van der Waals surface area contributed by atoms with Crippen LogP contribution in [0.25, 0.3) is 0 Å². The Hall–Kier alpha value is -1.55. The van der Waals surface area contributed by atoms with Crippen molar-refractivity contribution in [3.8, 4) is 5.75 Å². The Balaban J connectivity index is 1.68. The number of nitrogens with one attached hydrogen (secondary N) is 1. The molecule has 0 saturated heterocycles. The second-order valence-corrected chi connectivity index (χ2v) is 5.72. The summed E-state index contributed by atoms with van der Waals surface area (Å²) in [5, 5.41) is 4.15. The van der Waals surface area contributed by atoms with Crippen molar-refractivity contribution in [2.24, 2.45) is 0 Å². The molecule has 0 radical (unpaired) electrons. The van der Waals surface area contributed by atoms with Crippen molar-refractivity contribution < 1.29 is 9.47 Å². The van der Waals surface area contributed by atoms with Crippen LogP contribution in [-0.2, 0) is 17.9 Å². The van der Waals surface area contributed by atoms with Gasteiger partial charge < -0.3 is 14.8 Å². The van der Waals surface area contributed by atoms with Gasteiger partial charge in [0.25, 0.3) is 0 Å². The summed E-state index contributed by atoms with van der Waals surface area (Å²) in [5.41, 5.74) is 2.36. The smallest absolute Gasteiger partial charge is 0.119 e. The van der Waals surface area contributed by atoms with Crippen LogP contribution in [0, 0.1) is 0 Å². The van der Waals surface area contributed by atoms with E-state index in [4.69, 9.17) is 21.1 Å². The van der Waals surface area contributed by atoms with Gasteiger partial charge in [0.15, 0.2) is 0 Å². The van der Waals surface area contributed by atoms with Gasteiger partial charge in [-0.2, -0.15) is 0 Å². The molecule has 3 nitrogen and oxygen atoms in total. The molecule has 124 valence electrons. The maximum Gasteiger partial charge on any atom is 0.119 e. The van der Waals surface area contributed by atoms with E-state index in [1.165, 1.54) is 5.56 Å². The third-order valence-electron chi connectivity index (χ3n) is 3.42. The highest BCUT2D eigenvalue weighted by atomic mass is 35.5. The summed E-state index contributed by atoms with van der Waals surface area (Å²) in [5.74, 6) is 0.875. The molecule has 0 aliphatic carbocycles. The number of benzene rings is 2. The molecule has 1 N–H and O–H groups in total. The van der Waals surface area contributed by atoms with Crippen LogP contribution in [0.4, 0.5) is 0 Å². The summed E-state index contributed by atoms with van der Waals surface area (Å²) in [4.78, 5) is 0. The van der Waals surface area contributed by atoms with Crippen LogP contribution >= 0.6 is 11.6 Å². The fraction of sp³-hybridized carbons (Fsp3) is 0.368. The Morgan fingerprint density at radius 2 is 1.65 bits per heavy atom. The van der Waals surface area contributed by atoms with Crippen LogP contribution in [0.2, 0.25) is 5.02 Å². The number of hydrogen-bond donors (Lipinski definition) is 1. The van der Waals surface area contributed by atoms with Crippen LogP contribution in [0.15, 0.2) is 48.5 Å². The van der Waals surface area contributed by atoms with Gasteiger partial charge in [0.1, 0.15) is 12.4 Å². The van der Waals surface area contributed by atoms with Crippen molar-refractivity contribution in [1.82, 2.24) is 5.32 Å².